The highest BCUT2D eigenvalue weighted by molar-refractivity contribution is 7.67. The average molecular weight is 610 g/mol. The van der Waals surface area contributed by atoms with Crippen molar-refractivity contribution < 1.29 is 21.8 Å². The molecule has 0 aromatic rings. The van der Waals surface area contributed by atoms with Gasteiger partial charge in [-0.15, -0.1) is 0 Å². The fourth-order valence-electron chi connectivity index (χ4n) is 10.3. The SMILES string of the molecule is CC(C)CCC[C@@H](C)[C@H]1CC[C@H]2[C@@H]3CC=C4C[C@@H](OC(N)CC[N+](C)(C)CCCO[SH](=O)=O)CC[C@]4(C)[C@H]3CC[C@]12C. The minimum absolute atomic E-state index is 0.227. The molecule has 0 aromatic carbocycles. The Morgan fingerprint density at radius 1 is 0.976 bits per heavy atom. The van der Waals surface area contributed by atoms with E-state index in [0.29, 0.717) is 17.3 Å². The van der Waals surface area contributed by atoms with Crippen molar-refractivity contribution in [3.05, 3.63) is 11.6 Å². The van der Waals surface area contributed by atoms with Crippen molar-refractivity contribution in [2.45, 2.75) is 130 Å². The lowest BCUT2D eigenvalue weighted by Crippen LogP contribution is -2.51. The number of nitrogens with zero attached hydrogens (tertiary/aromatic N) is 1. The second-order valence-electron chi connectivity index (χ2n) is 16.4. The zero-order valence-corrected chi connectivity index (χ0v) is 29.0. The lowest BCUT2D eigenvalue weighted by Gasteiger charge is -2.58. The van der Waals surface area contributed by atoms with Gasteiger partial charge in [0.15, 0.2) is 0 Å². The van der Waals surface area contributed by atoms with E-state index in [4.69, 9.17) is 14.7 Å². The molecule has 6 nitrogen and oxygen atoms in total. The van der Waals surface area contributed by atoms with Crippen LogP contribution in [0.2, 0.25) is 0 Å². The predicted molar refractivity (Wildman–Crippen MR) is 173 cm³/mol. The molecule has 0 aliphatic heterocycles. The maximum absolute atomic E-state index is 10.6. The van der Waals surface area contributed by atoms with Crippen LogP contribution in [0.25, 0.3) is 0 Å². The first-order valence-corrected chi connectivity index (χ1v) is 18.5. The van der Waals surface area contributed by atoms with E-state index >= 15 is 0 Å². The van der Waals surface area contributed by atoms with E-state index in [9.17, 15) is 8.42 Å². The second-order valence-corrected chi connectivity index (χ2v) is 17.1. The van der Waals surface area contributed by atoms with Crippen molar-refractivity contribution in [3.8, 4) is 0 Å². The number of hydrogen-bond donors (Lipinski definition) is 2. The molecule has 0 heterocycles. The Kier molecular flexibility index (Phi) is 11.7. The molecule has 2 N–H and O–H groups in total. The van der Waals surface area contributed by atoms with Crippen LogP contribution in [0.5, 0.6) is 0 Å². The smallest absolute Gasteiger partial charge is 0.257 e. The Morgan fingerprint density at radius 3 is 2.45 bits per heavy atom. The number of ether oxygens (including phenoxy) is 1. The number of fused-ring (bicyclic) bond motifs is 5. The molecular formula is C35H65N2O4S+. The van der Waals surface area contributed by atoms with Gasteiger partial charge in [-0.3, -0.25) is 4.18 Å². The van der Waals surface area contributed by atoms with Crippen molar-refractivity contribution in [2.24, 2.45) is 52.1 Å². The number of nitrogens with two attached hydrogens (primary N) is 1. The average Bonchev–Trinajstić information content (AvgIpc) is 3.27. The first-order valence-electron chi connectivity index (χ1n) is 17.4. The minimum atomic E-state index is -2.76. The van der Waals surface area contributed by atoms with Crippen LogP contribution in [0, 0.1) is 46.3 Å². The van der Waals surface area contributed by atoms with Gasteiger partial charge in [-0.2, -0.15) is 0 Å². The van der Waals surface area contributed by atoms with Crippen LogP contribution in [0.4, 0.5) is 0 Å². The van der Waals surface area contributed by atoms with Gasteiger partial charge in [0.05, 0.1) is 39.9 Å². The molecule has 1 unspecified atom stereocenters. The summed E-state index contributed by atoms with van der Waals surface area (Å²) < 4.78 is 33.2. The molecule has 4 rings (SSSR count). The molecular weight excluding hydrogens is 544 g/mol. The number of hydrogen-bond acceptors (Lipinski definition) is 5. The molecule has 0 aromatic heterocycles. The third-order valence-corrected chi connectivity index (χ3v) is 13.1. The Balaban J connectivity index is 1.29. The first-order chi connectivity index (χ1) is 19.7. The summed E-state index contributed by atoms with van der Waals surface area (Å²) in [6.45, 7) is 14.6. The Morgan fingerprint density at radius 2 is 1.74 bits per heavy atom. The van der Waals surface area contributed by atoms with E-state index in [1.54, 1.807) is 5.57 Å². The van der Waals surface area contributed by atoms with Crippen molar-refractivity contribution >= 4 is 11.0 Å². The van der Waals surface area contributed by atoms with Crippen LogP contribution in [0.15, 0.2) is 11.6 Å². The molecule has 0 bridgehead atoms. The summed E-state index contributed by atoms with van der Waals surface area (Å²) in [6, 6.07) is 0. The summed E-state index contributed by atoms with van der Waals surface area (Å²) in [7, 11) is 1.57. The van der Waals surface area contributed by atoms with Gasteiger partial charge in [-0.05, 0) is 97.7 Å². The van der Waals surface area contributed by atoms with Gasteiger partial charge in [0.1, 0.15) is 6.23 Å². The van der Waals surface area contributed by atoms with Crippen LogP contribution in [0.1, 0.15) is 118 Å². The third-order valence-electron chi connectivity index (χ3n) is 12.8. The number of rotatable bonds is 15. The van der Waals surface area contributed by atoms with E-state index in [2.05, 4.69) is 54.8 Å². The summed E-state index contributed by atoms with van der Waals surface area (Å²) in [5, 5.41) is 0. The highest BCUT2D eigenvalue weighted by Gasteiger charge is 2.59. The molecule has 0 amide bonds. The van der Waals surface area contributed by atoms with E-state index < -0.39 is 11.0 Å². The molecule has 9 atom stereocenters. The van der Waals surface area contributed by atoms with Gasteiger partial charge >= 0.3 is 0 Å². The molecule has 0 spiro atoms. The van der Waals surface area contributed by atoms with Crippen molar-refractivity contribution in [1.29, 1.82) is 0 Å². The molecule has 3 fully saturated rings. The highest BCUT2D eigenvalue weighted by Crippen LogP contribution is 2.67. The second kappa shape index (κ2) is 14.3. The summed E-state index contributed by atoms with van der Waals surface area (Å²) >= 11 is 0. The Bertz CT molecular complexity index is 987. The summed E-state index contributed by atoms with van der Waals surface area (Å²) in [5.41, 5.74) is 9.06. The molecule has 4 aliphatic carbocycles. The van der Waals surface area contributed by atoms with E-state index in [0.717, 1.165) is 72.3 Å². The zero-order chi connectivity index (χ0) is 30.7. The zero-order valence-electron chi connectivity index (χ0n) is 28.1. The molecule has 42 heavy (non-hydrogen) atoms. The lowest BCUT2D eigenvalue weighted by molar-refractivity contribution is -0.891. The Labute approximate surface area is 260 Å². The standard InChI is InChI=1S/C35H65N2O4S/c1-25(2)10-8-11-26(3)30-14-15-31-29-13-12-27-24-28(16-19-34(27,4)32(29)17-20-35(30,31)5)41-33(36)18-22-37(6,7)21-9-23-40-42(38)39/h12,25-26,28-33,42H,8-11,13-24,36H2,1-7H3/q+1/t26-,28+,29+,30-,31+,32+,33?,34+,35-/m1/s1. The lowest BCUT2D eigenvalue weighted by atomic mass is 9.47. The van der Waals surface area contributed by atoms with Crippen LogP contribution < -0.4 is 5.73 Å². The van der Waals surface area contributed by atoms with Crippen LogP contribution >= 0.6 is 0 Å². The number of allylic oxidation sites excluding steroid dienone is 1. The quantitative estimate of drug-likeness (QED) is 0.0681. The highest BCUT2D eigenvalue weighted by atomic mass is 32.2. The van der Waals surface area contributed by atoms with Gasteiger partial charge < -0.3 is 15.0 Å². The molecule has 3 saturated carbocycles. The van der Waals surface area contributed by atoms with Crippen molar-refractivity contribution in [2.75, 3.05) is 33.8 Å². The summed E-state index contributed by atoms with van der Waals surface area (Å²) in [6.07, 6.45) is 18.8. The largest absolute Gasteiger partial charge is 0.360 e. The van der Waals surface area contributed by atoms with Crippen molar-refractivity contribution in [1.82, 2.24) is 0 Å². The van der Waals surface area contributed by atoms with Gasteiger partial charge in [0.2, 0.25) is 0 Å². The van der Waals surface area contributed by atoms with Crippen LogP contribution in [0.3, 0.4) is 0 Å². The molecule has 0 saturated heterocycles. The first kappa shape index (κ1) is 34.4. The van der Waals surface area contributed by atoms with E-state index in [1.807, 2.05) is 0 Å². The van der Waals surface area contributed by atoms with Crippen LogP contribution in [-0.4, -0.2) is 59.0 Å². The van der Waals surface area contributed by atoms with Gasteiger partial charge in [-0.1, -0.05) is 65.5 Å². The monoisotopic (exact) mass is 609 g/mol. The number of quaternary nitrogens is 1. The molecule has 0 radical (unpaired) electrons. The fraction of sp³-hybridized carbons (Fsp3) is 0.943. The molecule has 244 valence electrons. The van der Waals surface area contributed by atoms with E-state index in [1.165, 1.54) is 57.8 Å². The summed E-state index contributed by atoms with van der Waals surface area (Å²) in [4.78, 5) is 0. The predicted octanol–water partition coefficient (Wildman–Crippen LogP) is 7.10. The fourth-order valence-corrected chi connectivity index (χ4v) is 10.6. The maximum atomic E-state index is 10.6. The van der Waals surface area contributed by atoms with Crippen molar-refractivity contribution in [3.63, 3.8) is 0 Å². The topological polar surface area (TPSA) is 78.6 Å². The minimum Gasteiger partial charge on any atom is -0.360 e. The van der Waals surface area contributed by atoms with Gasteiger partial charge in [0, 0.05) is 12.8 Å². The number of thiol groups is 1. The van der Waals surface area contributed by atoms with Gasteiger partial charge in [-0.25, -0.2) is 8.42 Å². The van der Waals surface area contributed by atoms with E-state index in [-0.39, 0.29) is 18.9 Å². The van der Waals surface area contributed by atoms with Gasteiger partial charge in [0.25, 0.3) is 11.0 Å². The third kappa shape index (κ3) is 8.02. The molecule has 4 aliphatic rings. The summed E-state index contributed by atoms with van der Waals surface area (Å²) in [5.74, 6) is 5.22. The van der Waals surface area contributed by atoms with Crippen LogP contribution in [-0.2, 0) is 19.9 Å². The Hall–Kier alpha value is -0.470. The molecule has 7 heteroatoms. The normalized spacial score (nSPS) is 36.3. The maximum Gasteiger partial charge on any atom is 0.257 e.